The van der Waals surface area contributed by atoms with E-state index in [9.17, 15) is 0 Å². The number of hydrogen-bond acceptors (Lipinski definition) is 1. The molecule has 0 saturated heterocycles. The number of halogens is 4. The van der Waals surface area contributed by atoms with E-state index in [4.69, 9.17) is 34.8 Å². The Morgan fingerprint density at radius 3 is 2.47 bits per heavy atom. The Bertz CT molecular complexity index is 601. The fourth-order valence-corrected chi connectivity index (χ4v) is 3.15. The van der Waals surface area contributed by atoms with E-state index in [-0.39, 0.29) is 6.04 Å². The first-order valence-corrected chi connectivity index (χ1v) is 7.86. The summed E-state index contributed by atoms with van der Waals surface area (Å²) in [7, 11) is 0. The van der Waals surface area contributed by atoms with Crippen LogP contribution >= 0.6 is 57.4 Å². The monoisotopic (exact) mass is 425 g/mol. The van der Waals surface area contributed by atoms with Crippen LogP contribution in [0.5, 0.6) is 0 Å². The van der Waals surface area contributed by atoms with Gasteiger partial charge in [-0.25, -0.2) is 0 Å². The molecule has 2 aromatic rings. The zero-order valence-corrected chi connectivity index (χ0v) is 14.5. The fraction of sp³-hybridized carbons (Fsp3) is 0.143. The smallest absolute Gasteiger partial charge is 0.0648 e. The van der Waals surface area contributed by atoms with Crippen molar-refractivity contribution < 1.29 is 0 Å². The van der Waals surface area contributed by atoms with Crippen LogP contribution in [0.15, 0.2) is 36.4 Å². The van der Waals surface area contributed by atoms with Gasteiger partial charge in [0.05, 0.1) is 26.8 Å². The largest absolute Gasteiger partial charge is 0.377 e. The van der Waals surface area contributed by atoms with E-state index in [1.165, 1.54) is 0 Å². The van der Waals surface area contributed by atoms with Crippen molar-refractivity contribution in [3.8, 4) is 0 Å². The van der Waals surface area contributed by atoms with Gasteiger partial charge in [0.15, 0.2) is 0 Å². The maximum atomic E-state index is 6.21. The first-order chi connectivity index (χ1) is 8.99. The molecule has 0 heterocycles. The molecule has 1 unspecified atom stereocenters. The minimum Gasteiger partial charge on any atom is -0.377 e. The van der Waals surface area contributed by atoms with Crippen LogP contribution in [-0.4, -0.2) is 0 Å². The van der Waals surface area contributed by atoms with Gasteiger partial charge >= 0.3 is 0 Å². The standard InChI is InChI=1S/C14H11Cl3IN/c1-8(10-3-2-4-11(15)14(10)17)19-13-6-5-9(18)7-12(13)16/h2-8,19H,1H3. The van der Waals surface area contributed by atoms with Gasteiger partial charge in [0.2, 0.25) is 0 Å². The summed E-state index contributed by atoms with van der Waals surface area (Å²) in [4.78, 5) is 0. The van der Waals surface area contributed by atoms with Crippen molar-refractivity contribution in [3.63, 3.8) is 0 Å². The third-order valence-electron chi connectivity index (χ3n) is 2.75. The average Bonchev–Trinajstić information content (AvgIpc) is 2.36. The molecule has 2 rings (SSSR count). The van der Waals surface area contributed by atoms with Gasteiger partial charge in [0.25, 0.3) is 0 Å². The SMILES string of the molecule is CC(Nc1ccc(I)cc1Cl)c1cccc(Cl)c1Cl. The van der Waals surface area contributed by atoms with Gasteiger partial charge in [0, 0.05) is 3.57 Å². The zero-order valence-electron chi connectivity index (χ0n) is 10.1. The molecule has 0 aliphatic rings. The summed E-state index contributed by atoms with van der Waals surface area (Å²) in [6, 6.07) is 11.5. The third-order valence-corrected chi connectivity index (χ3v) is 4.57. The first-order valence-electron chi connectivity index (χ1n) is 5.64. The highest BCUT2D eigenvalue weighted by molar-refractivity contribution is 14.1. The Morgan fingerprint density at radius 1 is 1.05 bits per heavy atom. The van der Waals surface area contributed by atoms with Crippen molar-refractivity contribution in [1.29, 1.82) is 0 Å². The summed E-state index contributed by atoms with van der Waals surface area (Å²) in [6.45, 7) is 2.02. The lowest BCUT2D eigenvalue weighted by molar-refractivity contribution is 0.885. The van der Waals surface area contributed by atoms with Crippen LogP contribution in [0.2, 0.25) is 15.1 Å². The molecule has 0 aliphatic carbocycles. The van der Waals surface area contributed by atoms with Crippen molar-refractivity contribution in [2.75, 3.05) is 5.32 Å². The van der Waals surface area contributed by atoms with Gasteiger partial charge < -0.3 is 5.32 Å². The summed E-state index contributed by atoms with van der Waals surface area (Å²) >= 11 is 20.7. The second kappa shape index (κ2) is 6.53. The lowest BCUT2D eigenvalue weighted by Crippen LogP contribution is -2.07. The minimum atomic E-state index is 0.0174. The zero-order chi connectivity index (χ0) is 14.0. The summed E-state index contributed by atoms with van der Waals surface area (Å²) < 4.78 is 1.10. The summed E-state index contributed by atoms with van der Waals surface area (Å²) in [5.74, 6) is 0. The normalized spacial score (nSPS) is 12.3. The minimum absolute atomic E-state index is 0.0174. The molecule has 1 N–H and O–H groups in total. The predicted molar refractivity (Wildman–Crippen MR) is 92.7 cm³/mol. The van der Waals surface area contributed by atoms with E-state index in [2.05, 4.69) is 27.9 Å². The highest BCUT2D eigenvalue weighted by Crippen LogP contribution is 2.33. The maximum absolute atomic E-state index is 6.21. The Morgan fingerprint density at radius 2 is 1.79 bits per heavy atom. The van der Waals surface area contributed by atoms with Crippen molar-refractivity contribution in [2.24, 2.45) is 0 Å². The summed E-state index contributed by atoms with van der Waals surface area (Å²) in [5, 5.41) is 5.17. The molecule has 100 valence electrons. The summed E-state index contributed by atoms with van der Waals surface area (Å²) in [6.07, 6.45) is 0. The molecule has 0 saturated carbocycles. The van der Waals surface area contributed by atoms with Crippen LogP contribution in [-0.2, 0) is 0 Å². The van der Waals surface area contributed by atoms with Crippen molar-refractivity contribution in [1.82, 2.24) is 0 Å². The van der Waals surface area contributed by atoms with Crippen LogP contribution < -0.4 is 5.32 Å². The Hall–Kier alpha value is -0.160. The third kappa shape index (κ3) is 3.69. The molecular weight excluding hydrogens is 415 g/mol. The van der Waals surface area contributed by atoms with E-state index in [1.807, 2.05) is 37.3 Å². The first kappa shape index (κ1) is 15.2. The molecule has 0 aliphatic heterocycles. The van der Waals surface area contributed by atoms with E-state index < -0.39 is 0 Å². The van der Waals surface area contributed by atoms with Crippen LogP contribution in [0.4, 0.5) is 5.69 Å². The van der Waals surface area contributed by atoms with Crippen LogP contribution in [0.3, 0.4) is 0 Å². The molecule has 0 aromatic heterocycles. The maximum Gasteiger partial charge on any atom is 0.0648 e. The van der Waals surface area contributed by atoms with E-state index in [0.29, 0.717) is 15.1 Å². The predicted octanol–water partition coefficient (Wildman–Crippen LogP) is 6.42. The Kier molecular flexibility index (Phi) is 5.23. The molecule has 0 bridgehead atoms. The molecule has 0 fully saturated rings. The topological polar surface area (TPSA) is 12.0 Å². The molecule has 19 heavy (non-hydrogen) atoms. The van der Waals surface area contributed by atoms with Crippen molar-refractivity contribution in [2.45, 2.75) is 13.0 Å². The van der Waals surface area contributed by atoms with Crippen molar-refractivity contribution >= 4 is 63.1 Å². The van der Waals surface area contributed by atoms with Crippen LogP contribution in [0.1, 0.15) is 18.5 Å². The molecule has 0 radical (unpaired) electrons. The molecule has 0 amide bonds. The number of rotatable bonds is 3. The van der Waals surface area contributed by atoms with Crippen LogP contribution in [0, 0.1) is 3.57 Å². The Balaban J connectivity index is 2.25. The number of benzene rings is 2. The highest BCUT2D eigenvalue weighted by atomic mass is 127. The number of nitrogens with one attached hydrogen (secondary N) is 1. The van der Waals surface area contributed by atoms with Crippen LogP contribution in [0.25, 0.3) is 0 Å². The number of hydrogen-bond donors (Lipinski definition) is 1. The fourth-order valence-electron chi connectivity index (χ4n) is 1.77. The highest BCUT2D eigenvalue weighted by Gasteiger charge is 2.13. The van der Waals surface area contributed by atoms with E-state index in [1.54, 1.807) is 6.07 Å². The van der Waals surface area contributed by atoms with Gasteiger partial charge in [-0.05, 0) is 59.3 Å². The average molecular weight is 427 g/mol. The molecule has 2 aromatic carbocycles. The molecule has 1 atom stereocenters. The molecule has 0 spiro atoms. The second-order valence-electron chi connectivity index (χ2n) is 4.13. The lowest BCUT2D eigenvalue weighted by Gasteiger charge is -2.18. The molecule has 1 nitrogen and oxygen atoms in total. The Labute approximate surface area is 141 Å². The van der Waals surface area contributed by atoms with Gasteiger partial charge in [-0.2, -0.15) is 0 Å². The van der Waals surface area contributed by atoms with Crippen molar-refractivity contribution in [3.05, 3.63) is 60.6 Å². The number of anilines is 1. The van der Waals surface area contributed by atoms with Gasteiger partial charge in [0.1, 0.15) is 0 Å². The molecular formula is C14H11Cl3IN. The van der Waals surface area contributed by atoms with Gasteiger partial charge in [-0.1, -0.05) is 46.9 Å². The van der Waals surface area contributed by atoms with Gasteiger partial charge in [-0.3, -0.25) is 0 Å². The summed E-state index contributed by atoms with van der Waals surface area (Å²) in [5.41, 5.74) is 1.83. The lowest BCUT2D eigenvalue weighted by atomic mass is 10.1. The molecule has 5 heteroatoms. The quantitative estimate of drug-likeness (QED) is 0.558. The van der Waals surface area contributed by atoms with E-state index >= 15 is 0 Å². The van der Waals surface area contributed by atoms with Gasteiger partial charge in [-0.15, -0.1) is 0 Å². The van der Waals surface area contributed by atoms with E-state index in [0.717, 1.165) is 14.8 Å². The second-order valence-corrected chi connectivity index (χ2v) is 6.57.